The van der Waals surface area contributed by atoms with Gasteiger partial charge in [-0.3, -0.25) is 4.79 Å². The van der Waals surface area contributed by atoms with Gasteiger partial charge in [0.15, 0.2) is 0 Å². The van der Waals surface area contributed by atoms with E-state index in [1.807, 2.05) is 47.4 Å². The standard InChI is InChI=1S/C19H19N5O/c25-17-13-24(11-10-20-17)19-22-16-9-5-4-8-15(16)18(23-19)21-12-14-6-2-1-3-7-14/h1-9H,10-13H2,(H,20,25)(H,21,22,23). The number of aromatic nitrogens is 2. The van der Waals surface area contributed by atoms with Gasteiger partial charge in [-0.05, 0) is 17.7 Å². The van der Waals surface area contributed by atoms with Gasteiger partial charge < -0.3 is 15.5 Å². The lowest BCUT2D eigenvalue weighted by Crippen LogP contribution is -2.48. The second-order valence-electron chi connectivity index (χ2n) is 6.00. The lowest BCUT2D eigenvalue weighted by Gasteiger charge is -2.27. The molecular formula is C19H19N5O. The van der Waals surface area contributed by atoms with Gasteiger partial charge >= 0.3 is 0 Å². The average Bonchev–Trinajstić information content (AvgIpc) is 2.67. The van der Waals surface area contributed by atoms with Crippen LogP contribution >= 0.6 is 0 Å². The fourth-order valence-electron chi connectivity index (χ4n) is 2.93. The number of carbonyl (C=O) groups excluding carboxylic acids is 1. The van der Waals surface area contributed by atoms with Gasteiger partial charge in [-0.25, -0.2) is 4.98 Å². The number of rotatable bonds is 4. The quantitative estimate of drug-likeness (QED) is 0.766. The van der Waals surface area contributed by atoms with E-state index >= 15 is 0 Å². The fourth-order valence-corrected chi connectivity index (χ4v) is 2.93. The molecule has 2 heterocycles. The molecule has 1 aliphatic heterocycles. The Kier molecular flexibility index (Phi) is 4.16. The topological polar surface area (TPSA) is 70.2 Å². The van der Waals surface area contributed by atoms with Crippen LogP contribution in [0.1, 0.15) is 5.56 Å². The third-order valence-corrected chi connectivity index (χ3v) is 4.22. The maximum Gasteiger partial charge on any atom is 0.239 e. The number of nitrogens with zero attached hydrogens (tertiary/aromatic N) is 3. The molecule has 1 saturated heterocycles. The van der Waals surface area contributed by atoms with Crippen molar-refractivity contribution in [2.75, 3.05) is 29.9 Å². The van der Waals surface area contributed by atoms with Crippen molar-refractivity contribution in [3.63, 3.8) is 0 Å². The van der Waals surface area contributed by atoms with Crippen molar-refractivity contribution in [1.29, 1.82) is 0 Å². The van der Waals surface area contributed by atoms with Gasteiger partial charge in [0.2, 0.25) is 11.9 Å². The van der Waals surface area contributed by atoms with Gasteiger partial charge in [0.05, 0.1) is 12.1 Å². The molecule has 25 heavy (non-hydrogen) atoms. The lowest BCUT2D eigenvalue weighted by molar-refractivity contribution is -0.120. The number of carbonyl (C=O) groups is 1. The van der Waals surface area contributed by atoms with Crippen LogP contribution in [0, 0.1) is 0 Å². The number of hydrogen-bond donors (Lipinski definition) is 2. The number of piperazine rings is 1. The lowest BCUT2D eigenvalue weighted by atomic mass is 10.2. The molecule has 126 valence electrons. The Morgan fingerprint density at radius 1 is 1.04 bits per heavy atom. The minimum Gasteiger partial charge on any atom is -0.365 e. The molecule has 6 nitrogen and oxygen atoms in total. The van der Waals surface area contributed by atoms with Gasteiger partial charge in [0.25, 0.3) is 0 Å². The highest BCUT2D eigenvalue weighted by Gasteiger charge is 2.20. The molecule has 0 atom stereocenters. The van der Waals surface area contributed by atoms with Crippen molar-refractivity contribution < 1.29 is 4.79 Å². The summed E-state index contributed by atoms with van der Waals surface area (Å²) in [6, 6.07) is 18.1. The highest BCUT2D eigenvalue weighted by atomic mass is 16.2. The van der Waals surface area contributed by atoms with Crippen LogP contribution in [0.25, 0.3) is 10.9 Å². The van der Waals surface area contributed by atoms with E-state index in [1.54, 1.807) is 0 Å². The fraction of sp³-hybridized carbons (Fsp3) is 0.211. The largest absolute Gasteiger partial charge is 0.365 e. The minimum atomic E-state index is 0.00167. The normalized spacial score (nSPS) is 14.4. The Morgan fingerprint density at radius 2 is 1.84 bits per heavy atom. The van der Waals surface area contributed by atoms with Crippen molar-refractivity contribution in [3.05, 3.63) is 60.2 Å². The van der Waals surface area contributed by atoms with Crippen LogP contribution in [0.15, 0.2) is 54.6 Å². The van der Waals surface area contributed by atoms with Crippen LogP contribution in [-0.2, 0) is 11.3 Å². The summed E-state index contributed by atoms with van der Waals surface area (Å²) < 4.78 is 0. The third kappa shape index (κ3) is 3.38. The maximum absolute atomic E-state index is 11.7. The molecule has 1 aliphatic rings. The predicted octanol–water partition coefficient (Wildman–Crippen LogP) is 2.18. The number of hydrogen-bond acceptors (Lipinski definition) is 5. The Balaban J connectivity index is 1.67. The summed E-state index contributed by atoms with van der Waals surface area (Å²) in [4.78, 5) is 22.9. The van der Waals surface area contributed by atoms with Crippen molar-refractivity contribution in [3.8, 4) is 0 Å². The van der Waals surface area contributed by atoms with Gasteiger partial charge in [-0.1, -0.05) is 42.5 Å². The number of amides is 1. The molecule has 4 rings (SSSR count). The monoisotopic (exact) mass is 333 g/mol. The van der Waals surface area contributed by atoms with E-state index in [0.29, 0.717) is 25.6 Å². The minimum absolute atomic E-state index is 0.00167. The van der Waals surface area contributed by atoms with Crippen molar-refractivity contribution in [2.45, 2.75) is 6.54 Å². The van der Waals surface area contributed by atoms with Gasteiger partial charge in [-0.15, -0.1) is 0 Å². The average molecular weight is 333 g/mol. The summed E-state index contributed by atoms with van der Waals surface area (Å²) in [5, 5.41) is 7.22. The number of para-hydroxylation sites is 1. The summed E-state index contributed by atoms with van der Waals surface area (Å²) in [7, 11) is 0. The molecule has 3 aromatic rings. The molecule has 1 aromatic heterocycles. The molecule has 0 saturated carbocycles. The molecule has 0 bridgehead atoms. The Labute approximate surface area is 145 Å². The summed E-state index contributed by atoms with van der Waals surface area (Å²) in [6.07, 6.45) is 0. The van der Waals surface area contributed by atoms with Crippen molar-refractivity contribution in [2.24, 2.45) is 0 Å². The van der Waals surface area contributed by atoms with Gasteiger partial charge in [0.1, 0.15) is 5.82 Å². The first-order chi connectivity index (χ1) is 12.3. The Morgan fingerprint density at radius 3 is 2.68 bits per heavy atom. The highest BCUT2D eigenvalue weighted by molar-refractivity contribution is 5.90. The van der Waals surface area contributed by atoms with E-state index in [-0.39, 0.29) is 12.5 Å². The second kappa shape index (κ2) is 6.76. The molecular weight excluding hydrogens is 314 g/mol. The van der Waals surface area contributed by atoms with Crippen LogP contribution in [0.5, 0.6) is 0 Å². The predicted molar refractivity (Wildman–Crippen MR) is 98.5 cm³/mol. The first kappa shape index (κ1) is 15.4. The Hall–Kier alpha value is -3.15. The van der Waals surface area contributed by atoms with E-state index in [2.05, 4.69) is 27.8 Å². The van der Waals surface area contributed by atoms with E-state index in [0.717, 1.165) is 16.7 Å². The first-order valence-electron chi connectivity index (χ1n) is 8.36. The van der Waals surface area contributed by atoms with Crippen LogP contribution in [-0.4, -0.2) is 35.5 Å². The molecule has 2 aromatic carbocycles. The molecule has 6 heteroatoms. The zero-order valence-corrected chi connectivity index (χ0v) is 13.8. The van der Waals surface area contributed by atoms with Gasteiger partial charge in [-0.2, -0.15) is 4.98 Å². The molecule has 0 radical (unpaired) electrons. The van der Waals surface area contributed by atoms with Crippen LogP contribution in [0.3, 0.4) is 0 Å². The zero-order valence-electron chi connectivity index (χ0n) is 13.8. The van der Waals surface area contributed by atoms with Crippen molar-refractivity contribution >= 4 is 28.6 Å². The van der Waals surface area contributed by atoms with Crippen molar-refractivity contribution in [1.82, 2.24) is 15.3 Å². The highest BCUT2D eigenvalue weighted by Crippen LogP contribution is 2.24. The molecule has 1 fully saturated rings. The summed E-state index contributed by atoms with van der Waals surface area (Å²) in [6.45, 7) is 2.29. The van der Waals surface area contributed by atoms with Crippen LogP contribution in [0.4, 0.5) is 11.8 Å². The van der Waals surface area contributed by atoms with E-state index in [4.69, 9.17) is 4.98 Å². The number of benzene rings is 2. The number of fused-ring (bicyclic) bond motifs is 1. The first-order valence-corrected chi connectivity index (χ1v) is 8.36. The van der Waals surface area contributed by atoms with E-state index in [1.165, 1.54) is 5.56 Å². The smallest absolute Gasteiger partial charge is 0.239 e. The number of nitrogens with one attached hydrogen (secondary N) is 2. The third-order valence-electron chi connectivity index (χ3n) is 4.22. The second-order valence-corrected chi connectivity index (χ2v) is 6.00. The summed E-state index contributed by atoms with van der Waals surface area (Å²) in [5.74, 6) is 1.38. The Bertz CT molecular complexity index is 897. The summed E-state index contributed by atoms with van der Waals surface area (Å²) >= 11 is 0. The van der Waals surface area contributed by atoms with Gasteiger partial charge in [0, 0.05) is 25.0 Å². The summed E-state index contributed by atoms with van der Waals surface area (Å²) in [5.41, 5.74) is 2.05. The van der Waals surface area contributed by atoms with Crippen LogP contribution < -0.4 is 15.5 Å². The SMILES string of the molecule is O=C1CN(c2nc(NCc3ccccc3)c3ccccc3n2)CCN1. The molecule has 0 unspecified atom stereocenters. The number of anilines is 2. The molecule has 1 amide bonds. The molecule has 0 spiro atoms. The van der Waals surface area contributed by atoms with E-state index < -0.39 is 0 Å². The zero-order chi connectivity index (χ0) is 17.1. The molecule has 0 aliphatic carbocycles. The van der Waals surface area contributed by atoms with E-state index in [9.17, 15) is 4.79 Å². The molecule has 2 N–H and O–H groups in total. The maximum atomic E-state index is 11.7. The van der Waals surface area contributed by atoms with Crippen LogP contribution in [0.2, 0.25) is 0 Å².